The van der Waals surface area contributed by atoms with Crippen molar-refractivity contribution in [3.05, 3.63) is 0 Å². The van der Waals surface area contributed by atoms with E-state index >= 15 is 0 Å². The molecule has 0 aromatic heterocycles. The molecule has 0 aromatic carbocycles. The van der Waals surface area contributed by atoms with Crippen molar-refractivity contribution in [1.82, 2.24) is 0 Å². The maximum absolute atomic E-state index is 9.48. The molecule has 0 amide bonds. The van der Waals surface area contributed by atoms with Gasteiger partial charge in [0.2, 0.25) is 0 Å². The number of rotatable bonds is 4. The molecule has 0 spiro atoms. The van der Waals surface area contributed by atoms with E-state index in [2.05, 4.69) is 11.8 Å². The van der Waals surface area contributed by atoms with E-state index in [4.69, 9.17) is 0 Å². The third-order valence-corrected chi connectivity index (χ3v) is 3.75. The van der Waals surface area contributed by atoms with Crippen molar-refractivity contribution in [3.63, 3.8) is 0 Å². The van der Waals surface area contributed by atoms with Gasteiger partial charge in [-0.15, -0.1) is 0 Å². The van der Waals surface area contributed by atoms with Crippen LogP contribution in [0.3, 0.4) is 0 Å². The van der Waals surface area contributed by atoms with E-state index in [0.29, 0.717) is 0 Å². The molecule has 0 bridgehead atoms. The maximum Gasteiger partial charge on any atom is 0.0599 e. The van der Waals surface area contributed by atoms with Crippen molar-refractivity contribution in [3.8, 4) is 0 Å². The zero-order chi connectivity index (χ0) is 9.03. The van der Waals surface area contributed by atoms with Crippen molar-refractivity contribution in [1.29, 1.82) is 0 Å². The summed E-state index contributed by atoms with van der Waals surface area (Å²) in [7, 11) is 0. The van der Waals surface area contributed by atoms with Crippen molar-refractivity contribution in [2.75, 3.05) is 5.75 Å². The van der Waals surface area contributed by atoms with Gasteiger partial charge in [0.05, 0.1) is 5.60 Å². The van der Waals surface area contributed by atoms with Crippen molar-refractivity contribution in [2.45, 2.75) is 56.8 Å². The van der Waals surface area contributed by atoms with Gasteiger partial charge in [-0.1, -0.05) is 12.8 Å². The molecule has 1 rings (SSSR count). The Kier molecular flexibility index (Phi) is 3.91. The minimum Gasteiger partial charge on any atom is -0.390 e. The summed E-state index contributed by atoms with van der Waals surface area (Å²) in [5.74, 6) is 1.12. The summed E-state index contributed by atoms with van der Waals surface area (Å²) < 4.78 is 0. The number of aliphatic hydroxyl groups is 1. The van der Waals surface area contributed by atoms with Gasteiger partial charge in [0.1, 0.15) is 0 Å². The van der Waals surface area contributed by atoms with E-state index in [1.54, 1.807) is 0 Å². The van der Waals surface area contributed by atoms with Crippen LogP contribution in [0, 0.1) is 0 Å². The molecule has 72 valence electrons. The van der Waals surface area contributed by atoms with Crippen LogP contribution in [0.25, 0.3) is 0 Å². The van der Waals surface area contributed by atoms with Gasteiger partial charge in [0, 0.05) is 5.25 Å². The Morgan fingerprint density at radius 1 is 1.33 bits per heavy atom. The number of thioether (sulfide) groups is 1. The fourth-order valence-electron chi connectivity index (χ4n) is 1.53. The van der Waals surface area contributed by atoms with Crippen LogP contribution in [0.5, 0.6) is 0 Å². The van der Waals surface area contributed by atoms with Gasteiger partial charge in [0.15, 0.2) is 0 Å². The molecule has 0 heterocycles. The predicted molar refractivity (Wildman–Crippen MR) is 55.6 cm³/mol. The highest BCUT2D eigenvalue weighted by molar-refractivity contribution is 7.99. The summed E-state index contributed by atoms with van der Waals surface area (Å²) in [6.07, 6.45) is 6.56. The molecule has 0 aliphatic heterocycles. The van der Waals surface area contributed by atoms with Gasteiger partial charge in [-0.3, -0.25) is 0 Å². The molecule has 1 saturated carbocycles. The van der Waals surface area contributed by atoms with E-state index in [1.165, 1.54) is 25.7 Å². The number of hydrogen-bond acceptors (Lipinski definition) is 2. The van der Waals surface area contributed by atoms with Crippen molar-refractivity contribution < 1.29 is 5.11 Å². The molecule has 1 aliphatic rings. The first-order valence-corrected chi connectivity index (χ1v) is 5.97. The Bertz CT molecular complexity index is 122. The molecular weight excluding hydrogens is 168 g/mol. The Hall–Kier alpha value is 0.310. The minimum absolute atomic E-state index is 0.467. The molecular formula is C10H20OS. The highest BCUT2D eigenvalue weighted by atomic mass is 32.2. The Labute approximate surface area is 79.9 Å². The molecule has 0 saturated heterocycles. The molecule has 1 nitrogen and oxygen atoms in total. The molecule has 12 heavy (non-hydrogen) atoms. The molecule has 0 atom stereocenters. The first-order chi connectivity index (χ1) is 5.58. The zero-order valence-electron chi connectivity index (χ0n) is 8.18. The number of hydrogen-bond donors (Lipinski definition) is 1. The maximum atomic E-state index is 9.48. The SMILES string of the molecule is CC(C)(O)CCSC1CCCC1. The second-order valence-electron chi connectivity index (χ2n) is 4.34. The monoisotopic (exact) mass is 188 g/mol. The summed E-state index contributed by atoms with van der Waals surface area (Å²) in [6, 6.07) is 0. The van der Waals surface area contributed by atoms with Crippen LogP contribution in [-0.4, -0.2) is 21.7 Å². The average molecular weight is 188 g/mol. The van der Waals surface area contributed by atoms with E-state index in [-0.39, 0.29) is 0 Å². The van der Waals surface area contributed by atoms with Crippen LogP contribution in [-0.2, 0) is 0 Å². The summed E-state index contributed by atoms with van der Waals surface area (Å²) >= 11 is 2.05. The largest absolute Gasteiger partial charge is 0.390 e. The summed E-state index contributed by atoms with van der Waals surface area (Å²) in [5, 5.41) is 10.4. The quantitative estimate of drug-likeness (QED) is 0.732. The highest BCUT2D eigenvalue weighted by Gasteiger charge is 2.17. The van der Waals surface area contributed by atoms with Gasteiger partial charge in [-0.05, 0) is 38.9 Å². The van der Waals surface area contributed by atoms with E-state index in [9.17, 15) is 5.11 Å². The lowest BCUT2D eigenvalue weighted by molar-refractivity contribution is 0.0777. The third kappa shape index (κ3) is 4.36. The molecule has 2 heteroatoms. The highest BCUT2D eigenvalue weighted by Crippen LogP contribution is 2.30. The first kappa shape index (κ1) is 10.4. The lowest BCUT2D eigenvalue weighted by atomic mass is 10.1. The summed E-state index contributed by atoms with van der Waals surface area (Å²) in [6.45, 7) is 3.78. The molecule has 0 radical (unpaired) electrons. The Balaban J connectivity index is 2.02. The van der Waals surface area contributed by atoms with E-state index < -0.39 is 5.60 Å². The van der Waals surface area contributed by atoms with Gasteiger partial charge < -0.3 is 5.11 Å². The van der Waals surface area contributed by atoms with Crippen LogP contribution in [0.15, 0.2) is 0 Å². The molecule has 1 N–H and O–H groups in total. The topological polar surface area (TPSA) is 20.2 Å². The molecule has 1 fully saturated rings. The first-order valence-electron chi connectivity index (χ1n) is 4.92. The summed E-state index contributed by atoms with van der Waals surface area (Å²) in [5.41, 5.74) is -0.467. The average Bonchev–Trinajstić information content (AvgIpc) is 2.36. The van der Waals surface area contributed by atoms with Crippen LogP contribution < -0.4 is 0 Å². The van der Waals surface area contributed by atoms with Gasteiger partial charge in [-0.2, -0.15) is 11.8 Å². The summed E-state index contributed by atoms with van der Waals surface area (Å²) in [4.78, 5) is 0. The zero-order valence-corrected chi connectivity index (χ0v) is 8.99. The fraction of sp³-hybridized carbons (Fsp3) is 1.00. The molecule has 0 unspecified atom stereocenters. The third-order valence-electron chi connectivity index (χ3n) is 2.37. The normalized spacial score (nSPS) is 20.2. The van der Waals surface area contributed by atoms with Crippen molar-refractivity contribution in [2.24, 2.45) is 0 Å². The predicted octanol–water partition coefficient (Wildman–Crippen LogP) is 2.82. The van der Waals surface area contributed by atoms with E-state index in [1.807, 2.05) is 13.8 Å². The van der Waals surface area contributed by atoms with Crippen LogP contribution >= 0.6 is 11.8 Å². The minimum atomic E-state index is -0.467. The van der Waals surface area contributed by atoms with Crippen LogP contribution in [0.4, 0.5) is 0 Å². The Morgan fingerprint density at radius 2 is 1.92 bits per heavy atom. The van der Waals surface area contributed by atoms with Crippen LogP contribution in [0.2, 0.25) is 0 Å². The Morgan fingerprint density at radius 3 is 2.42 bits per heavy atom. The van der Waals surface area contributed by atoms with Crippen molar-refractivity contribution >= 4 is 11.8 Å². The fourth-order valence-corrected chi connectivity index (χ4v) is 3.15. The second kappa shape index (κ2) is 4.52. The molecule has 1 aliphatic carbocycles. The van der Waals surface area contributed by atoms with E-state index in [0.717, 1.165) is 17.4 Å². The lowest BCUT2D eigenvalue weighted by Crippen LogP contribution is -2.19. The smallest absolute Gasteiger partial charge is 0.0599 e. The van der Waals surface area contributed by atoms with Gasteiger partial charge >= 0.3 is 0 Å². The standard InChI is InChI=1S/C10H20OS/c1-10(2,11)7-8-12-9-5-3-4-6-9/h9,11H,3-8H2,1-2H3. The van der Waals surface area contributed by atoms with Crippen LogP contribution in [0.1, 0.15) is 46.0 Å². The van der Waals surface area contributed by atoms with Gasteiger partial charge in [-0.25, -0.2) is 0 Å². The second-order valence-corrected chi connectivity index (χ2v) is 5.75. The lowest BCUT2D eigenvalue weighted by Gasteiger charge is -2.17. The molecule has 0 aromatic rings. The van der Waals surface area contributed by atoms with Gasteiger partial charge in [0.25, 0.3) is 0 Å².